The first-order valence-corrected chi connectivity index (χ1v) is 5.83. The van der Waals surface area contributed by atoms with E-state index in [1.54, 1.807) is 30.5 Å². The van der Waals surface area contributed by atoms with Crippen molar-refractivity contribution in [3.05, 3.63) is 64.1 Å². The van der Waals surface area contributed by atoms with Crippen LogP contribution < -0.4 is 0 Å². The van der Waals surface area contributed by atoms with E-state index >= 15 is 0 Å². The van der Waals surface area contributed by atoms with E-state index in [1.807, 2.05) is 0 Å². The molecule has 17 heavy (non-hydrogen) atoms. The highest BCUT2D eigenvalue weighted by Crippen LogP contribution is 2.16. The SMILES string of the molecule is O=C(Cc1cc(F)cc(Br)c1)c1ccccn1. The van der Waals surface area contributed by atoms with Crippen LogP contribution in [-0.4, -0.2) is 10.8 Å². The van der Waals surface area contributed by atoms with Crippen molar-refractivity contribution in [3.8, 4) is 0 Å². The van der Waals surface area contributed by atoms with Crippen LogP contribution in [0.2, 0.25) is 0 Å². The maximum atomic E-state index is 13.1. The fourth-order valence-corrected chi connectivity index (χ4v) is 2.03. The van der Waals surface area contributed by atoms with Gasteiger partial charge in [0, 0.05) is 17.1 Å². The molecule has 0 aliphatic rings. The number of Topliss-reactive ketones (excluding diaryl/α,β-unsaturated/α-hetero) is 1. The third-order valence-electron chi connectivity index (χ3n) is 2.24. The number of hydrogen-bond acceptors (Lipinski definition) is 2. The van der Waals surface area contributed by atoms with Crippen LogP contribution in [-0.2, 0) is 6.42 Å². The summed E-state index contributed by atoms with van der Waals surface area (Å²) in [5, 5.41) is 0. The molecular weight excluding hydrogens is 285 g/mol. The Hall–Kier alpha value is -1.55. The Kier molecular flexibility index (Phi) is 3.64. The van der Waals surface area contributed by atoms with Gasteiger partial charge < -0.3 is 0 Å². The average Bonchev–Trinajstić information content (AvgIpc) is 2.28. The van der Waals surface area contributed by atoms with Crippen LogP contribution in [0.4, 0.5) is 4.39 Å². The molecule has 0 radical (unpaired) electrons. The van der Waals surface area contributed by atoms with E-state index in [0.29, 0.717) is 15.7 Å². The van der Waals surface area contributed by atoms with Crippen molar-refractivity contribution in [2.45, 2.75) is 6.42 Å². The Bertz CT molecular complexity index is 522. The summed E-state index contributed by atoms with van der Waals surface area (Å²) >= 11 is 3.19. The van der Waals surface area contributed by atoms with Gasteiger partial charge in [0.25, 0.3) is 0 Å². The van der Waals surface area contributed by atoms with Gasteiger partial charge in [0.2, 0.25) is 0 Å². The van der Waals surface area contributed by atoms with E-state index in [2.05, 4.69) is 20.9 Å². The second-order valence-electron chi connectivity index (χ2n) is 3.59. The van der Waals surface area contributed by atoms with Crippen molar-refractivity contribution in [3.63, 3.8) is 0 Å². The Morgan fingerprint density at radius 1 is 1.29 bits per heavy atom. The summed E-state index contributed by atoms with van der Waals surface area (Å²) in [5.41, 5.74) is 1.03. The molecule has 1 aromatic carbocycles. The minimum atomic E-state index is -0.358. The molecule has 1 heterocycles. The van der Waals surface area contributed by atoms with Gasteiger partial charge in [-0.15, -0.1) is 0 Å². The fourth-order valence-electron chi connectivity index (χ4n) is 1.52. The summed E-state index contributed by atoms with van der Waals surface area (Å²) in [6.45, 7) is 0. The first kappa shape index (κ1) is 11.9. The lowest BCUT2D eigenvalue weighted by Gasteiger charge is -2.02. The minimum Gasteiger partial charge on any atom is -0.292 e. The molecule has 0 atom stereocenters. The van der Waals surface area contributed by atoms with Crippen LogP contribution in [0, 0.1) is 5.82 Å². The molecular formula is C13H9BrFNO. The van der Waals surface area contributed by atoms with Crippen LogP contribution >= 0.6 is 15.9 Å². The van der Waals surface area contributed by atoms with Gasteiger partial charge in [0.15, 0.2) is 5.78 Å². The molecule has 0 aliphatic heterocycles. The Morgan fingerprint density at radius 3 is 2.76 bits per heavy atom. The van der Waals surface area contributed by atoms with Gasteiger partial charge in [0.1, 0.15) is 11.5 Å². The van der Waals surface area contributed by atoms with Gasteiger partial charge in [0.05, 0.1) is 0 Å². The van der Waals surface area contributed by atoms with E-state index in [-0.39, 0.29) is 18.0 Å². The zero-order valence-electron chi connectivity index (χ0n) is 8.86. The maximum Gasteiger partial charge on any atom is 0.185 e. The third-order valence-corrected chi connectivity index (χ3v) is 2.70. The van der Waals surface area contributed by atoms with Crippen molar-refractivity contribution < 1.29 is 9.18 Å². The number of ketones is 1. The molecule has 0 N–H and O–H groups in total. The second kappa shape index (κ2) is 5.19. The highest BCUT2D eigenvalue weighted by Gasteiger charge is 2.09. The Balaban J connectivity index is 2.19. The lowest BCUT2D eigenvalue weighted by Crippen LogP contribution is -2.05. The first-order valence-electron chi connectivity index (χ1n) is 5.04. The summed E-state index contributed by atoms with van der Waals surface area (Å²) in [6, 6.07) is 9.58. The molecule has 4 heteroatoms. The molecule has 0 spiro atoms. The quantitative estimate of drug-likeness (QED) is 0.812. The van der Waals surface area contributed by atoms with Crippen LogP contribution in [0.5, 0.6) is 0 Å². The van der Waals surface area contributed by atoms with Gasteiger partial charge in [-0.1, -0.05) is 22.0 Å². The van der Waals surface area contributed by atoms with Crippen molar-refractivity contribution in [1.29, 1.82) is 0 Å². The monoisotopic (exact) mass is 293 g/mol. The number of halogens is 2. The largest absolute Gasteiger partial charge is 0.292 e. The van der Waals surface area contributed by atoms with Gasteiger partial charge in [-0.05, 0) is 35.9 Å². The van der Waals surface area contributed by atoms with Crippen molar-refractivity contribution in [2.24, 2.45) is 0 Å². The summed E-state index contributed by atoms with van der Waals surface area (Å²) in [6.07, 6.45) is 1.71. The molecule has 0 bridgehead atoms. The number of rotatable bonds is 3. The lowest BCUT2D eigenvalue weighted by molar-refractivity contribution is 0.0988. The normalized spacial score (nSPS) is 10.2. The Morgan fingerprint density at radius 2 is 2.12 bits per heavy atom. The molecule has 86 valence electrons. The maximum absolute atomic E-state index is 13.1. The van der Waals surface area contributed by atoms with E-state index in [4.69, 9.17) is 0 Å². The molecule has 2 rings (SSSR count). The van der Waals surface area contributed by atoms with Crippen LogP contribution in [0.3, 0.4) is 0 Å². The van der Waals surface area contributed by atoms with Crippen LogP contribution in [0.1, 0.15) is 16.1 Å². The van der Waals surface area contributed by atoms with Crippen LogP contribution in [0.25, 0.3) is 0 Å². The predicted molar refractivity (Wildman–Crippen MR) is 66.4 cm³/mol. The summed E-state index contributed by atoms with van der Waals surface area (Å²) in [5.74, 6) is -0.480. The van der Waals surface area contributed by atoms with Crippen LogP contribution in [0.15, 0.2) is 47.1 Å². The molecule has 2 nitrogen and oxygen atoms in total. The minimum absolute atomic E-state index is 0.122. The number of carbonyl (C=O) groups is 1. The molecule has 0 amide bonds. The molecule has 0 aliphatic carbocycles. The zero-order valence-corrected chi connectivity index (χ0v) is 10.4. The smallest absolute Gasteiger partial charge is 0.185 e. The van der Waals surface area contributed by atoms with Crippen molar-refractivity contribution in [2.75, 3.05) is 0 Å². The number of nitrogens with zero attached hydrogens (tertiary/aromatic N) is 1. The van der Waals surface area contributed by atoms with E-state index in [1.165, 1.54) is 12.1 Å². The third kappa shape index (κ3) is 3.20. The summed E-state index contributed by atoms with van der Waals surface area (Å²) in [4.78, 5) is 15.8. The number of aromatic nitrogens is 1. The molecule has 0 unspecified atom stereocenters. The van der Waals surface area contributed by atoms with E-state index < -0.39 is 0 Å². The second-order valence-corrected chi connectivity index (χ2v) is 4.51. The van der Waals surface area contributed by atoms with Crippen molar-refractivity contribution in [1.82, 2.24) is 4.98 Å². The van der Waals surface area contributed by atoms with Gasteiger partial charge in [-0.3, -0.25) is 9.78 Å². The van der Waals surface area contributed by atoms with Gasteiger partial charge >= 0.3 is 0 Å². The first-order chi connectivity index (χ1) is 8.15. The van der Waals surface area contributed by atoms with E-state index in [0.717, 1.165) is 0 Å². The molecule has 1 aromatic heterocycles. The van der Waals surface area contributed by atoms with Gasteiger partial charge in [-0.25, -0.2) is 4.39 Å². The number of pyridine rings is 1. The summed E-state index contributed by atoms with van der Waals surface area (Å²) < 4.78 is 13.8. The zero-order chi connectivity index (χ0) is 12.3. The predicted octanol–water partition coefficient (Wildman–Crippen LogP) is 3.41. The molecule has 0 saturated heterocycles. The highest BCUT2D eigenvalue weighted by atomic mass is 79.9. The van der Waals surface area contributed by atoms with Gasteiger partial charge in [-0.2, -0.15) is 0 Å². The number of hydrogen-bond donors (Lipinski definition) is 0. The number of benzene rings is 1. The molecule has 2 aromatic rings. The van der Waals surface area contributed by atoms with E-state index in [9.17, 15) is 9.18 Å². The molecule has 0 fully saturated rings. The lowest BCUT2D eigenvalue weighted by atomic mass is 10.1. The average molecular weight is 294 g/mol. The topological polar surface area (TPSA) is 30.0 Å². The molecule has 0 saturated carbocycles. The Labute approximate surface area is 107 Å². The van der Waals surface area contributed by atoms with Crippen molar-refractivity contribution >= 4 is 21.7 Å². The number of carbonyl (C=O) groups excluding carboxylic acids is 1. The standard InChI is InChI=1S/C13H9BrFNO/c14-10-5-9(6-11(15)8-10)7-13(17)12-3-1-2-4-16-12/h1-6,8H,7H2. The highest BCUT2D eigenvalue weighted by molar-refractivity contribution is 9.10. The summed E-state index contributed by atoms with van der Waals surface area (Å²) in [7, 11) is 0. The fraction of sp³-hybridized carbons (Fsp3) is 0.0769.